The molecular formula is C23H20N4O3. The molecule has 4 aromatic rings. The standard InChI is InChI=1S/C23H20N4O3/c1-29-19-12-10-18(11-13-19)22-25-23(24-16-20-8-5-15-30-20)27(26-22)21(28)14-9-17-6-3-2-4-7-17/h2-15H,16H2,1H3,(H,24,25,26). The van der Waals surface area contributed by atoms with Crippen molar-refractivity contribution in [1.82, 2.24) is 14.8 Å². The number of allylic oxidation sites excluding steroid dienone is 1. The zero-order valence-corrected chi connectivity index (χ0v) is 16.4. The maximum atomic E-state index is 12.8. The van der Waals surface area contributed by atoms with Gasteiger partial charge < -0.3 is 14.5 Å². The van der Waals surface area contributed by atoms with Gasteiger partial charge in [0.1, 0.15) is 11.5 Å². The van der Waals surface area contributed by atoms with Crippen LogP contribution < -0.4 is 10.1 Å². The van der Waals surface area contributed by atoms with Crippen molar-refractivity contribution in [1.29, 1.82) is 0 Å². The first kappa shape index (κ1) is 19.2. The number of aromatic nitrogens is 3. The first-order valence-corrected chi connectivity index (χ1v) is 9.38. The van der Waals surface area contributed by atoms with Gasteiger partial charge in [-0.1, -0.05) is 30.3 Å². The highest BCUT2D eigenvalue weighted by Gasteiger charge is 2.16. The van der Waals surface area contributed by atoms with E-state index in [9.17, 15) is 4.79 Å². The predicted octanol–water partition coefficient (Wildman–Crippen LogP) is 4.51. The van der Waals surface area contributed by atoms with Crippen LogP contribution in [-0.4, -0.2) is 27.8 Å². The first-order valence-electron chi connectivity index (χ1n) is 9.38. The second-order valence-corrected chi connectivity index (χ2v) is 6.41. The van der Waals surface area contributed by atoms with E-state index in [-0.39, 0.29) is 5.91 Å². The molecule has 0 saturated carbocycles. The Morgan fingerprint density at radius 3 is 2.60 bits per heavy atom. The molecule has 7 nitrogen and oxygen atoms in total. The summed E-state index contributed by atoms with van der Waals surface area (Å²) in [6.07, 6.45) is 4.81. The molecule has 150 valence electrons. The maximum absolute atomic E-state index is 12.8. The zero-order valence-electron chi connectivity index (χ0n) is 16.4. The van der Waals surface area contributed by atoms with Crippen molar-refractivity contribution >= 4 is 17.9 Å². The number of hydrogen-bond donors (Lipinski definition) is 1. The number of hydrogen-bond acceptors (Lipinski definition) is 6. The highest BCUT2D eigenvalue weighted by molar-refractivity contribution is 5.94. The molecule has 0 fully saturated rings. The van der Waals surface area contributed by atoms with E-state index in [2.05, 4.69) is 15.4 Å². The monoisotopic (exact) mass is 400 g/mol. The van der Waals surface area contributed by atoms with Crippen LogP contribution in [0.15, 0.2) is 83.5 Å². The van der Waals surface area contributed by atoms with Crippen LogP contribution in [-0.2, 0) is 6.54 Å². The largest absolute Gasteiger partial charge is 0.497 e. The second kappa shape index (κ2) is 8.91. The lowest BCUT2D eigenvalue weighted by Gasteiger charge is -2.03. The average molecular weight is 400 g/mol. The molecule has 30 heavy (non-hydrogen) atoms. The molecule has 4 rings (SSSR count). The quantitative estimate of drug-likeness (QED) is 0.460. The summed E-state index contributed by atoms with van der Waals surface area (Å²) in [5.41, 5.74) is 1.70. The van der Waals surface area contributed by atoms with Crippen LogP contribution in [0.5, 0.6) is 5.75 Å². The predicted molar refractivity (Wildman–Crippen MR) is 114 cm³/mol. The fraction of sp³-hybridized carbons (Fsp3) is 0.0870. The van der Waals surface area contributed by atoms with Crippen LogP contribution in [0, 0.1) is 0 Å². The molecule has 0 aliphatic carbocycles. The lowest BCUT2D eigenvalue weighted by molar-refractivity contribution is 0.0957. The lowest BCUT2D eigenvalue weighted by atomic mass is 10.2. The van der Waals surface area contributed by atoms with Gasteiger partial charge in [-0.15, -0.1) is 5.10 Å². The van der Waals surface area contributed by atoms with Gasteiger partial charge in [0, 0.05) is 11.6 Å². The number of nitrogens with zero attached hydrogens (tertiary/aromatic N) is 3. The molecule has 0 spiro atoms. The van der Waals surface area contributed by atoms with Gasteiger partial charge in [0.05, 0.1) is 19.9 Å². The summed E-state index contributed by atoms with van der Waals surface area (Å²) in [7, 11) is 1.61. The normalized spacial score (nSPS) is 11.0. The van der Waals surface area contributed by atoms with E-state index >= 15 is 0 Å². The van der Waals surface area contributed by atoms with Gasteiger partial charge in [0.15, 0.2) is 5.82 Å². The summed E-state index contributed by atoms with van der Waals surface area (Å²) in [5, 5.41) is 7.54. The van der Waals surface area contributed by atoms with Crippen molar-refractivity contribution in [2.75, 3.05) is 12.4 Å². The third-order valence-electron chi connectivity index (χ3n) is 4.38. The van der Waals surface area contributed by atoms with Crippen LogP contribution in [0.25, 0.3) is 17.5 Å². The number of benzene rings is 2. The molecule has 0 saturated heterocycles. The summed E-state index contributed by atoms with van der Waals surface area (Å²) >= 11 is 0. The van der Waals surface area contributed by atoms with Crippen LogP contribution in [0.2, 0.25) is 0 Å². The fourth-order valence-electron chi connectivity index (χ4n) is 2.82. The summed E-state index contributed by atoms with van der Waals surface area (Å²) in [4.78, 5) is 17.4. The lowest BCUT2D eigenvalue weighted by Crippen LogP contribution is -2.14. The van der Waals surface area contributed by atoms with Crippen LogP contribution in [0.4, 0.5) is 5.95 Å². The van der Waals surface area contributed by atoms with Crippen molar-refractivity contribution in [2.24, 2.45) is 0 Å². The topological polar surface area (TPSA) is 82.2 Å². The zero-order chi connectivity index (χ0) is 20.8. The highest BCUT2D eigenvalue weighted by atomic mass is 16.5. The smallest absolute Gasteiger partial charge is 0.274 e. The van der Waals surface area contributed by atoms with Crippen molar-refractivity contribution < 1.29 is 13.9 Å². The molecule has 0 unspecified atom stereocenters. The molecular weight excluding hydrogens is 380 g/mol. The molecule has 1 N–H and O–H groups in total. The Morgan fingerprint density at radius 2 is 1.90 bits per heavy atom. The van der Waals surface area contributed by atoms with E-state index in [1.807, 2.05) is 60.7 Å². The molecule has 0 atom stereocenters. The summed E-state index contributed by atoms with van der Waals surface area (Å²) in [6.45, 7) is 0.378. The first-order chi connectivity index (χ1) is 14.7. The van der Waals surface area contributed by atoms with Crippen molar-refractivity contribution in [2.45, 2.75) is 6.54 Å². The third-order valence-corrected chi connectivity index (χ3v) is 4.38. The molecule has 0 bridgehead atoms. The van der Waals surface area contributed by atoms with E-state index in [1.54, 1.807) is 25.5 Å². The molecule has 0 aliphatic heterocycles. The molecule has 7 heteroatoms. The van der Waals surface area contributed by atoms with Gasteiger partial charge in [-0.05, 0) is 48.0 Å². The number of anilines is 1. The van der Waals surface area contributed by atoms with Crippen molar-refractivity contribution in [3.05, 3.63) is 90.4 Å². The minimum atomic E-state index is -0.312. The van der Waals surface area contributed by atoms with Crippen molar-refractivity contribution in [3.8, 4) is 17.1 Å². The molecule has 2 aromatic carbocycles. The number of carbonyl (C=O) groups is 1. The summed E-state index contributed by atoms with van der Waals surface area (Å²) < 4.78 is 11.8. The Kier molecular flexibility index (Phi) is 5.70. The summed E-state index contributed by atoms with van der Waals surface area (Å²) in [6, 6.07) is 20.6. The van der Waals surface area contributed by atoms with Crippen molar-refractivity contribution in [3.63, 3.8) is 0 Å². The van der Waals surface area contributed by atoms with Gasteiger partial charge in [-0.3, -0.25) is 4.79 Å². The highest BCUT2D eigenvalue weighted by Crippen LogP contribution is 2.21. The number of carbonyl (C=O) groups excluding carboxylic acids is 1. The SMILES string of the molecule is COc1ccc(-c2nc(NCc3ccco3)n(C(=O)C=Cc3ccccc3)n2)cc1. The number of furan rings is 1. The maximum Gasteiger partial charge on any atom is 0.274 e. The Bertz CT molecular complexity index is 1130. The van der Waals surface area contributed by atoms with E-state index in [4.69, 9.17) is 9.15 Å². The van der Waals surface area contributed by atoms with Crippen LogP contribution >= 0.6 is 0 Å². The molecule has 0 radical (unpaired) electrons. The van der Waals surface area contributed by atoms with Gasteiger partial charge in [-0.2, -0.15) is 9.67 Å². The van der Waals surface area contributed by atoms with Gasteiger partial charge in [0.2, 0.25) is 5.95 Å². The van der Waals surface area contributed by atoms with Gasteiger partial charge >= 0.3 is 0 Å². The number of nitrogens with one attached hydrogen (secondary N) is 1. The van der Waals surface area contributed by atoms with Gasteiger partial charge in [-0.25, -0.2) is 0 Å². The minimum Gasteiger partial charge on any atom is -0.497 e. The van der Waals surface area contributed by atoms with Gasteiger partial charge in [0.25, 0.3) is 5.91 Å². The molecule has 2 aromatic heterocycles. The Balaban J connectivity index is 1.62. The number of methoxy groups -OCH3 is 1. The third kappa shape index (κ3) is 4.47. The average Bonchev–Trinajstić information content (AvgIpc) is 3.47. The molecule has 0 aliphatic rings. The summed E-state index contributed by atoms with van der Waals surface area (Å²) in [5.74, 6) is 1.91. The van der Waals surface area contributed by atoms with E-state index in [0.29, 0.717) is 18.3 Å². The second-order valence-electron chi connectivity index (χ2n) is 6.41. The Labute approximate surface area is 173 Å². The molecule has 2 heterocycles. The number of ether oxygens (including phenoxy) is 1. The number of rotatable bonds is 7. The molecule has 0 amide bonds. The Hall–Kier alpha value is -4.13. The van der Waals surface area contributed by atoms with E-state index in [0.717, 1.165) is 22.6 Å². The van der Waals surface area contributed by atoms with Crippen LogP contribution in [0.1, 0.15) is 16.1 Å². The minimum absolute atomic E-state index is 0.312. The Morgan fingerprint density at radius 1 is 1.10 bits per heavy atom. The van der Waals surface area contributed by atoms with E-state index in [1.165, 1.54) is 10.8 Å². The van der Waals surface area contributed by atoms with E-state index < -0.39 is 0 Å². The van der Waals surface area contributed by atoms with Crippen LogP contribution in [0.3, 0.4) is 0 Å². The fourth-order valence-corrected chi connectivity index (χ4v) is 2.82.